The van der Waals surface area contributed by atoms with E-state index in [2.05, 4.69) is 0 Å². The lowest BCUT2D eigenvalue weighted by molar-refractivity contribution is -0.113. The monoisotopic (exact) mass is 269 g/mol. The molecular weight excluding hydrogens is 257 g/mol. The molecule has 0 radical (unpaired) electrons. The molecule has 2 rings (SSSR count). The van der Waals surface area contributed by atoms with Gasteiger partial charge in [-0.2, -0.15) is 10.5 Å². The van der Waals surface area contributed by atoms with Crippen LogP contribution in [-0.4, -0.2) is 12.5 Å². The first-order valence-corrected chi connectivity index (χ1v) is 6.30. The molecule has 1 aromatic carbocycles. The number of benzene rings is 1. The van der Waals surface area contributed by atoms with Crippen LogP contribution in [0, 0.1) is 28.5 Å². The van der Waals surface area contributed by atoms with Crippen molar-refractivity contribution in [3.8, 4) is 12.1 Å². The lowest BCUT2D eigenvalue weighted by Crippen LogP contribution is -2.27. The van der Waals surface area contributed by atoms with E-state index in [-0.39, 0.29) is 11.1 Å². The predicted octanol–water partition coefficient (Wildman–Crippen LogP) is 2.77. The summed E-state index contributed by atoms with van der Waals surface area (Å²) in [5.41, 5.74) is 0.605. The van der Waals surface area contributed by atoms with Crippen LogP contribution < -0.4 is 4.90 Å². The first-order valence-electron chi connectivity index (χ1n) is 6.30. The van der Waals surface area contributed by atoms with Crippen molar-refractivity contribution in [3.63, 3.8) is 0 Å². The molecular formula is C15H12FN3O. The Balaban J connectivity index is 2.63. The van der Waals surface area contributed by atoms with Crippen molar-refractivity contribution in [3.05, 3.63) is 35.2 Å². The summed E-state index contributed by atoms with van der Waals surface area (Å²) in [4.78, 5) is 13.9. The van der Waals surface area contributed by atoms with Crippen LogP contribution in [0.15, 0.2) is 23.8 Å². The van der Waals surface area contributed by atoms with Gasteiger partial charge >= 0.3 is 0 Å². The third kappa shape index (κ3) is 2.15. The van der Waals surface area contributed by atoms with E-state index in [1.165, 1.54) is 23.1 Å². The van der Waals surface area contributed by atoms with Crippen molar-refractivity contribution in [2.45, 2.75) is 19.8 Å². The number of amides is 1. The van der Waals surface area contributed by atoms with Crippen molar-refractivity contribution in [2.75, 3.05) is 11.4 Å². The second-order valence-corrected chi connectivity index (χ2v) is 4.45. The number of hydrogen-bond acceptors (Lipinski definition) is 3. The molecule has 0 saturated heterocycles. The summed E-state index contributed by atoms with van der Waals surface area (Å²) in [6.07, 6.45) is 1.70. The van der Waals surface area contributed by atoms with Crippen LogP contribution in [0.3, 0.4) is 0 Å². The van der Waals surface area contributed by atoms with Gasteiger partial charge in [-0.05, 0) is 24.6 Å². The molecule has 4 nitrogen and oxygen atoms in total. The third-order valence-electron chi connectivity index (χ3n) is 3.19. The minimum Gasteiger partial charge on any atom is -0.308 e. The van der Waals surface area contributed by atoms with Crippen LogP contribution in [0.4, 0.5) is 10.1 Å². The highest BCUT2D eigenvalue weighted by atomic mass is 19.1. The van der Waals surface area contributed by atoms with Gasteiger partial charge in [0.15, 0.2) is 0 Å². The van der Waals surface area contributed by atoms with Crippen molar-refractivity contribution in [1.82, 2.24) is 0 Å². The third-order valence-corrected chi connectivity index (χ3v) is 3.19. The Hall–Kier alpha value is -2.66. The van der Waals surface area contributed by atoms with E-state index in [9.17, 15) is 9.18 Å². The molecule has 0 saturated carbocycles. The molecule has 1 aromatic rings. The van der Waals surface area contributed by atoms with E-state index < -0.39 is 11.7 Å². The molecule has 100 valence electrons. The van der Waals surface area contributed by atoms with Crippen LogP contribution in [0.2, 0.25) is 0 Å². The molecule has 1 aliphatic rings. The maximum Gasteiger partial charge on any atom is 0.261 e. The lowest BCUT2D eigenvalue weighted by atomic mass is 10.0. The largest absolute Gasteiger partial charge is 0.308 e. The number of nitrogens with zero attached hydrogens (tertiary/aromatic N) is 3. The molecule has 0 fully saturated rings. The molecule has 20 heavy (non-hydrogen) atoms. The highest BCUT2D eigenvalue weighted by Gasteiger charge is 2.34. The zero-order chi connectivity index (χ0) is 14.7. The summed E-state index contributed by atoms with van der Waals surface area (Å²) in [5, 5.41) is 17.9. The van der Waals surface area contributed by atoms with Crippen molar-refractivity contribution in [1.29, 1.82) is 10.5 Å². The smallest absolute Gasteiger partial charge is 0.261 e. The average molecular weight is 269 g/mol. The number of unbranched alkanes of at least 4 members (excludes halogenated alkanes) is 1. The topological polar surface area (TPSA) is 67.9 Å². The van der Waals surface area contributed by atoms with Crippen molar-refractivity contribution in [2.24, 2.45) is 0 Å². The summed E-state index contributed by atoms with van der Waals surface area (Å²) < 4.78 is 13.4. The maximum absolute atomic E-state index is 13.4. The number of carbonyl (C=O) groups is 1. The van der Waals surface area contributed by atoms with Gasteiger partial charge in [-0.3, -0.25) is 4.79 Å². The van der Waals surface area contributed by atoms with Crippen molar-refractivity contribution >= 4 is 17.2 Å². The Morgan fingerprint density at radius 2 is 2.05 bits per heavy atom. The molecule has 1 aliphatic heterocycles. The number of halogens is 1. The Morgan fingerprint density at radius 3 is 2.65 bits per heavy atom. The molecule has 1 heterocycles. The Morgan fingerprint density at radius 1 is 1.35 bits per heavy atom. The number of nitriles is 2. The molecule has 0 unspecified atom stereocenters. The minimum atomic E-state index is -0.498. The molecule has 0 aliphatic carbocycles. The van der Waals surface area contributed by atoms with E-state index in [0.717, 1.165) is 12.8 Å². The molecule has 0 aromatic heterocycles. The van der Waals surface area contributed by atoms with Crippen LogP contribution in [0.5, 0.6) is 0 Å². The number of rotatable bonds is 3. The second kappa shape index (κ2) is 5.54. The van der Waals surface area contributed by atoms with Crippen LogP contribution in [-0.2, 0) is 4.79 Å². The van der Waals surface area contributed by atoms with E-state index in [1.807, 2.05) is 6.92 Å². The number of anilines is 1. The fourth-order valence-corrected chi connectivity index (χ4v) is 2.22. The van der Waals surface area contributed by atoms with Gasteiger partial charge in [-0.25, -0.2) is 4.39 Å². The van der Waals surface area contributed by atoms with Gasteiger partial charge in [0.25, 0.3) is 5.91 Å². The van der Waals surface area contributed by atoms with E-state index in [0.29, 0.717) is 17.8 Å². The number of allylic oxidation sites excluding steroid dienone is 1. The Kier molecular flexibility index (Phi) is 3.81. The van der Waals surface area contributed by atoms with E-state index >= 15 is 0 Å². The number of carbonyl (C=O) groups excluding carboxylic acids is 1. The maximum atomic E-state index is 13.4. The van der Waals surface area contributed by atoms with E-state index in [4.69, 9.17) is 10.5 Å². The Labute approximate surface area is 116 Å². The van der Waals surface area contributed by atoms with Gasteiger partial charge < -0.3 is 4.90 Å². The van der Waals surface area contributed by atoms with Gasteiger partial charge in [0.05, 0.1) is 11.3 Å². The zero-order valence-corrected chi connectivity index (χ0v) is 11.0. The summed E-state index contributed by atoms with van der Waals surface area (Å²) in [6, 6.07) is 7.40. The fourth-order valence-electron chi connectivity index (χ4n) is 2.22. The summed E-state index contributed by atoms with van der Waals surface area (Å²) >= 11 is 0. The molecule has 5 heteroatoms. The first-order chi connectivity index (χ1) is 9.63. The highest BCUT2D eigenvalue weighted by Crippen LogP contribution is 2.38. The zero-order valence-electron chi connectivity index (χ0n) is 11.0. The van der Waals surface area contributed by atoms with Gasteiger partial charge in [-0.1, -0.05) is 13.3 Å². The molecule has 0 atom stereocenters. The molecule has 0 N–H and O–H groups in total. The summed E-state index contributed by atoms with van der Waals surface area (Å²) in [6.45, 7) is 2.49. The fraction of sp³-hybridized carbons (Fsp3) is 0.267. The normalized spacial score (nSPS) is 12.9. The van der Waals surface area contributed by atoms with Crippen LogP contribution in [0.1, 0.15) is 25.3 Å². The quantitative estimate of drug-likeness (QED) is 0.626. The molecule has 0 spiro atoms. The van der Waals surface area contributed by atoms with Crippen molar-refractivity contribution < 1.29 is 9.18 Å². The highest BCUT2D eigenvalue weighted by molar-refractivity contribution is 6.34. The van der Waals surface area contributed by atoms with Gasteiger partial charge in [0.2, 0.25) is 0 Å². The first kappa shape index (κ1) is 13.8. The average Bonchev–Trinajstić information content (AvgIpc) is 2.71. The second-order valence-electron chi connectivity index (χ2n) is 4.45. The van der Waals surface area contributed by atoms with Gasteiger partial charge in [0.1, 0.15) is 23.5 Å². The summed E-state index contributed by atoms with van der Waals surface area (Å²) in [7, 11) is 0. The SMILES string of the molecule is CCCCN1C(=O)C(=C(C#N)C#N)c2cc(F)ccc21. The lowest BCUT2D eigenvalue weighted by Gasteiger charge is -2.16. The standard InChI is InChI=1S/C15H12FN3O/c1-2-3-6-19-13-5-4-11(16)7-12(13)14(15(19)20)10(8-17)9-18/h4-5,7H,2-3,6H2,1H3. The van der Waals surface area contributed by atoms with Gasteiger partial charge in [-0.15, -0.1) is 0 Å². The van der Waals surface area contributed by atoms with E-state index in [1.54, 1.807) is 12.1 Å². The summed E-state index contributed by atoms with van der Waals surface area (Å²) in [5.74, 6) is -0.904. The Bertz CT molecular complexity index is 663. The minimum absolute atomic E-state index is 0.000558. The number of fused-ring (bicyclic) bond motifs is 1. The molecule has 0 bridgehead atoms. The number of hydrogen-bond donors (Lipinski definition) is 0. The van der Waals surface area contributed by atoms with Crippen LogP contribution >= 0.6 is 0 Å². The van der Waals surface area contributed by atoms with Gasteiger partial charge in [0, 0.05) is 12.1 Å². The molecule has 1 amide bonds. The van der Waals surface area contributed by atoms with Crippen LogP contribution in [0.25, 0.3) is 5.57 Å². The predicted molar refractivity (Wildman–Crippen MR) is 71.8 cm³/mol.